The maximum atomic E-state index is 12.4. The van der Waals surface area contributed by atoms with E-state index in [1.807, 2.05) is 30.7 Å². The van der Waals surface area contributed by atoms with E-state index >= 15 is 0 Å². The van der Waals surface area contributed by atoms with Gasteiger partial charge >= 0.3 is 5.97 Å². The van der Waals surface area contributed by atoms with Gasteiger partial charge in [-0.1, -0.05) is 12.1 Å². The number of ether oxygens (including phenoxy) is 1. The van der Waals surface area contributed by atoms with Crippen LogP contribution in [0.5, 0.6) is 0 Å². The number of thiophene rings is 1. The van der Waals surface area contributed by atoms with Crippen molar-refractivity contribution in [3.63, 3.8) is 0 Å². The lowest BCUT2D eigenvalue weighted by atomic mass is 10.2. The van der Waals surface area contributed by atoms with Crippen molar-refractivity contribution in [2.45, 2.75) is 31.3 Å². The number of esters is 1. The summed E-state index contributed by atoms with van der Waals surface area (Å²) in [7, 11) is 1.67. The van der Waals surface area contributed by atoms with Crippen molar-refractivity contribution in [3.05, 3.63) is 52.2 Å². The molecule has 2 amide bonds. The fraction of sp³-hybridized carbons (Fsp3) is 0.350. The van der Waals surface area contributed by atoms with Crippen molar-refractivity contribution in [1.82, 2.24) is 10.2 Å². The average Bonchev–Trinajstić information content (AvgIpc) is 3.16. The van der Waals surface area contributed by atoms with Gasteiger partial charge in [0.2, 0.25) is 5.91 Å². The first-order valence-corrected chi connectivity index (χ1v) is 10.7. The first-order chi connectivity index (χ1) is 13.4. The van der Waals surface area contributed by atoms with Crippen molar-refractivity contribution >= 4 is 40.9 Å². The summed E-state index contributed by atoms with van der Waals surface area (Å²) in [6.45, 7) is 3.92. The second kappa shape index (κ2) is 10.9. The molecule has 0 aliphatic heterocycles. The van der Waals surface area contributed by atoms with Crippen molar-refractivity contribution in [2.24, 2.45) is 0 Å². The third kappa shape index (κ3) is 7.01. The van der Waals surface area contributed by atoms with Crippen LogP contribution >= 0.6 is 23.1 Å². The Bertz CT molecular complexity index is 806. The molecule has 1 aromatic heterocycles. The molecule has 0 spiro atoms. The van der Waals surface area contributed by atoms with Crippen LogP contribution in [-0.2, 0) is 20.9 Å². The molecule has 1 aromatic carbocycles. The van der Waals surface area contributed by atoms with Crippen molar-refractivity contribution in [2.75, 3.05) is 19.4 Å². The predicted molar refractivity (Wildman–Crippen MR) is 112 cm³/mol. The molecule has 0 radical (unpaired) electrons. The molecule has 0 saturated heterocycles. The highest BCUT2D eigenvalue weighted by atomic mass is 32.2. The zero-order chi connectivity index (χ0) is 20.5. The summed E-state index contributed by atoms with van der Waals surface area (Å²) in [6, 6.07) is 8.91. The highest BCUT2D eigenvalue weighted by Crippen LogP contribution is 2.23. The SMILES string of the molecule is CC(C)NC(=O)CSc1ccccc1C(=O)OCC(=O)N(C)Cc1ccsc1. The second-order valence-corrected chi connectivity index (χ2v) is 8.26. The van der Waals surface area contributed by atoms with E-state index < -0.39 is 5.97 Å². The van der Waals surface area contributed by atoms with Crippen molar-refractivity contribution < 1.29 is 19.1 Å². The number of nitrogens with one attached hydrogen (secondary N) is 1. The Labute approximate surface area is 173 Å². The first kappa shape index (κ1) is 22.0. The number of hydrogen-bond acceptors (Lipinski definition) is 6. The molecule has 28 heavy (non-hydrogen) atoms. The van der Waals surface area contributed by atoms with Gasteiger partial charge in [0, 0.05) is 24.5 Å². The van der Waals surface area contributed by atoms with Gasteiger partial charge in [0.1, 0.15) is 0 Å². The lowest BCUT2D eigenvalue weighted by molar-refractivity contribution is -0.133. The minimum Gasteiger partial charge on any atom is -0.452 e. The number of rotatable bonds is 9. The highest BCUT2D eigenvalue weighted by molar-refractivity contribution is 8.00. The van der Waals surface area contributed by atoms with Crippen LogP contribution in [0.4, 0.5) is 0 Å². The van der Waals surface area contributed by atoms with Gasteiger partial charge in [0.05, 0.1) is 11.3 Å². The van der Waals surface area contributed by atoms with E-state index in [-0.39, 0.29) is 30.2 Å². The summed E-state index contributed by atoms with van der Waals surface area (Å²) in [5.74, 6) is -0.760. The summed E-state index contributed by atoms with van der Waals surface area (Å²) >= 11 is 2.83. The van der Waals surface area contributed by atoms with Gasteiger partial charge in [0.25, 0.3) is 5.91 Å². The Balaban J connectivity index is 1.89. The van der Waals surface area contributed by atoms with Gasteiger partial charge in [-0.3, -0.25) is 9.59 Å². The second-order valence-electron chi connectivity index (χ2n) is 6.46. The van der Waals surface area contributed by atoms with E-state index in [4.69, 9.17) is 4.74 Å². The van der Waals surface area contributed by atoms with E-state index in [1.165, 1.54) is 16.7 Å². The van der Waals surface area contributed by atoms with Crippen LogP contribution < -0.4 is 5.32 Å². The Hall–Kier alpha value is -2.32. The van der Waals surface area contributed by atoms with Crippen LogP contribution in [0.25, 0.3) is 0 Å². The molecule has 0 aliphatic rings. The quantitative estimate of drug-likeness (QED) is 0.498. The van der Waals surface area contributed by atoms with Gasteiger partial charge in [-0.15, -0.1) is 11.8 Å². The predicted octanol–water partition coefficient (Wildman–Crippen LogP) is 3.18. The monoisotopic (exact) mass is 420 g/mol. The Morgan fingerprint density at radius 2 is 1.96 bits per heavy atom. The van der Waals surface area contributed by atoms with Crippen LogP contribution in [0.2, 0.25) is 0 Å². The van der Waals surface area contributed by atoms with E-state index in [0.717, 1.165) is 5.56 Å². The lowest BCUT2D eigenvalue weighted by Gasteiger charge is -2.16. The van der Waals surface area contributed by atoms with Gasteiger partial charge in [-0.2, -0.15) is 11.3 Å². The molecule has 0 unspecified atom stereocenters. The molecule has 150 valence electrons. The van der Waals surface area contributed by atoms with Crippen LogP contribution in [0, 0.1) is 0 Å². The molecule has 0 aliphatic carbocycles. The number of hydrogen-bond donors (Lipinski definition) is 1. The van der Waals surface area contributed by atoms with Crippen LogP contribution in [-0.4, -0.2) is 48.1 Å². The van der Waals surface area contributed by atoms with Crippen LogP contribution in [0.15, 0.2) is 46.0 Å². The number of nitrogens with zero attached hydrogens (tertiary/aromatic N) is 1. The maximum absolute atomic E-state index is 12.4. The standard InChI is InChI=1S/C20H24N2O4S2/c1-14(2)21-18(23)13-28-17-7-5-4-6-16(17)20(25)26-11-19(24)22(3)10-15-8-9-27-12-15/h4-9,12,14H,10-11,13H2,1-3H3,(H,21,23). The topological polar surface area (TPSA) is 75.7 Å². The molecule has 2 aromatic rings. The van der Waals surface area contributed by atoms with E-state index in [0.29, 0.717) is 17.0 Å². The highest BCUT2D eigenvalue weighted by Gasteiger charge is 2.17. The minimum atomic E-state index is -0.579. The average molecular weight is 421 g/mol. The van der Waals surface area contributed by atoms with Crippen LogP contribution in [0.3, 0.4) is 0 Å². The molecule has 0 fully saturated rings. The molecule has 0 bridgehead atoms. The third-order valence-corrected chi connectivity index (χ3v) is 5.47. The molecule has 0 saturated carbocycles. The van der Waals surface area contributed by atoms with Gasteiger partial charge in [-0.25, -0.2) is 4.79 Å². The summed E-state index contributed by atoms with van der Waals surface area (Å²) in [6.07, 6.45) is 0. The number of carbonyl (C=O) groups is 3. The number of likely N-dealkylation sites (N-methyl/N-ethyl adjacent to an activating group) is 1. The molecule has 1 heterocycles. The fourth-order valence-electron chi connectivity index (χ4n) is 2.33. The summed E-state index contributed by atoms with van der Waals surface area (Å²) in [4.78, 5) is 38.6. The number of carbonyl (C=O) groups excluding carboxylic acids is 3. The molecular formula is C20H24N2O4S2. The minimum absolute atomic E-state index is 0.0605. The molecular weight excluding hydrogens is 396 g/mol. The summed E-state index contributed by atoms with van der Waals surface area (Å²) in [5.41, 5.74) is 1.38. The molecule has 6 nitrogen and oxygen atoms in total. The Morgan fingerprint density at radius 1 is 1.21 bits per heavy atom. The molecule has 0 atom stereocenters. The molecule has 1 N–H and O–H groups in total. The van der Waals surface area contributed by atoms with E-state index in [9.17, 15) is 14.4 Å². The van der Waals surface area contributed by atoms with Gasteiger partial charge in [0.15, 0.2) is 6.61 Å². The fourth-order valence-corrected chi connectivity index (χ4v) is 3.84. The normalized spacial score (nSPS) is 10.6. The van der Waals surface area contributed by atoms with E-state index in [1.54, 1.807) is 42.6 Å². The Kier molecular flexibility index (Phi) is 8.53. The van der Waals surface area contributed by atoms with Gasteiger partial charge in [-0.05, 0) is 48.4 Å². The van der Waals surface area contributed by atoms with Crippen molar-refractivity contribution in [3.8, 4) is 0 Å². The maximum Gasteiger partial charge on any atom is 0.339 e. The third-order valence-electron chi connectivity index (χ3n) is 3.67. The number of amides is 2. The lowest BCUT2D eigenvalue weighted by Crippen LogP contribution is -2.31. The zero-order valence-corrected chi connectivity index (χ0v) is 17.8. The van der Waals surface area contributed by atoms with Crippen LogP contribution in [0.1, 0.15) is 29.8 Å². The largest absolute Gasteiger partial charge is 0.452 e. The number of benzene rings is 1. The molecule has 8 heteroatoms. The van der Waals surface area contributed by atoms with E-state index in [2.05, 4.69) is 5.32 Å². The molecule has 2 rings (SSSR count). The first-order valence-electron chi connectivity index (χ1n) is 8.80. The smallest absolute Gasteiger partial charge is 0.339 e. The summed E-state index contributed by atoms with van der Waals surface area (Å²) < 4.78 is 5.20. The van der Waals surface area contributed by atoms with Crippen molar-refractivity contribution in [1.29, 1.82) is 0 Å². The summed E-state index contributed by atoms with van der Waals surface area (Å²) in [5, 5.41) is 6.73. The zero-order valence-electron chi connectivity index (χ0n) is 16.1. The Morgan fingerprint density at radius 3 is 2.64 bits per heavy atom. The van der Waals surface area contributed by atoms with Gasteiger partial charge < -0.3 is 15.0 Å². The number of thioether (sulfide) groups is 1.